The van der Waals surface area contributed by atoms with Crippen molar-refractivity contribution in [2.24, 2.45) is 5.92 Å². The van der Waals surface area contributed by atoms with E-state index in [4.69, 9.17) is 23.8 Å². The number of halogens is 1. The number of anilines is 2. The van der Waals surface area contributed by atoms with Crippen LogP contribution in [0.25, 0.3) is 5.69 Å². The van der Waals surface area contributed by atoms with Crippen molar-refractivity contribution in [1.29, 1.82) is 0 Å². The van der Waals surface area contributed by atoms with Gasteiger partial charge in [-0.1, -0.05) is 49.7 Å². The molecule has 2 aromatic heterocycles. The van der Waals surface area contributed by atoms with Gasteiger partial charge in [-0.2, -0.15) is 0 Å². The Morgan fingerprint density at radius 2 is 1.81 bits per heavy atom. The fourth-order valence-electron chi connectivity index (χ4n) is 4.42. The molecule has 6 nitrogen and oxygen atoms in total. The van der Waals surface area contributed by atoms with Gasteiger partial charge in [-0.3, -0.25) is 9.78 Å². The molecule has 8 heteroatoms. The highest BCUT2D eigenvalue weighted by molar-refractivity contribution is 7.80. The summed E-state index contributed by atoms with van der Waals surface area (Å²) >= 11 is 12.5. The number of benzene rings is 2. The number of nitrogens with zero attached hydrogens (tertiary/aromatic N) is 3. The van der Waals surface area contributed by atoms with Gasteiger partial charge in [0.1, 0.15) is 6.04 Å². The van der Waals surface area contributed by atoms with Crippen molar-refractivity contribution in [2.45, 2.75) is 25.9 Å². The van der Waals surface area contributed by atoms with Crippen LogP contribution in [0.15, 0.2) is 91.3 Å². The standard InChI is InChI=1S/C28H26ClN5OS/c1-18(2)27(35)31-22-14-13-20(17-21(22)29)34-26(25(32-28(34)36)23-11-6-7-15-30-23)24-12-8-16-33(24)19-9-4-3-5-10-19/h3-18,25-26H,1-2H3,(H,31,35)(H,32,36)/t25-,26+/m1/s1. The molecule has 2 N–H and O–H groups in total. The summed E-state index contributed by atoms with van der Waals surface area (Å²) in [5, 5.41) is 7.40. The predicted molar refractivity (Wildman–Crippen MR) is 149 cm³/mol. The van der Waals surface area contributed by atoms with Gasteiger partial charge in [-0.25, -0.2) is 0 Å². The fourth-order valence-corrected chi connectivity index (χ4v) is 4.99. The fraction of sp³-hybridized carbons (Fsp3) is 0.179. The monoisotopic (exact) mass is 515 g/mol. The second-order valence-corrected chi connectivity index (χ2v) is 9.74. The lowest BCUT2D eigenvalue weighted by molar-refractivity contribution is -0.118. The summed E-state index contributed by atoms with van der Waals surface area (Å²) in [4.78, 5) is 18.9. The van der Waals surface area contributed by atoms with Crippen molar-refractivity contribution >= 4 is 46.2 Å². The van der Waals surface area contributed by atoms with E-state index in [0.717, 1.165) is 22.8 Å². The number of nitrogens with one attached hydrogen (secondary N) is 2. The molecule has 0 bridgehead atoms. The minimum atomic E-state index is -0.199. The Morgan fingerprint density at radius 1 is 1.03 bits per heavy atom. The van der Waals surface area contributed by atoms with Gasteiger partial charge >= 0.3 is 0 Å². The van der Waals surface area contributed by atoms with Gasteiger partial charge in [-0.15, -0.1) is 0 Å². The maximum atomic E-state index is 12.2. The Bertz CT molecular complexity index is 1390. The zero-order valence-corrected chi connectivity index (χ0v) is 21.5. The lowest BCUT2D eigenvalue weighted by Crippen LogP contribution is -2.30. The number of pyridine rings is 1. The maximum Gasteiger partial charge on any atom is 0.226 e. The van der Waals surface area contributed by atoms with E-state index in [0.29, 0.717) is 15.8 Å². The van der Waals surface area contributed by atoms with Gasteiger partial charge in [0.05, 0.1) is 22.4 Å². The Labute approximate surface area is 220 Å². The molecule has 36 heavy (non-hydrogen) atoms. The van der Waals surface area contributed by atoms with Crippen LogP contribution < -0.4 is 15.5 Å². The van der Waals surface area contributed by atoms with E-state index in [-0.39, 0.29) is 23.9 Å². The summed E-state index contributed by atoms with van der Waals surface area (Å²) in [5.74, 6) is -0.234. The first kappa shape index (κ1) is 24.0. The molecule has 0 aliphatic carbocycles. The molecule has 2 atom stereocenters. The van der Waals surface area contributed by atoms with Gasteiger partial charge < -0.3 is 20.1 Å². The van der Waals surface area contributed by atoms with Crippen LogP contribution in [0, 0.1) is 5.92 Å². The van der Waals surface area contributed by atoms with Crippen molar-refractivity contribution in [2.75, 3.05) is 10.2 Å². The molecule has 0 spiro atoms. The number of rotatable bonds is 6. The number of thiocarbonyl (C=S) groups is 1. The SMILES string of the molecule is CC(C)C(=O)Nc1ccc(N2C(=S)N[C@H](c3ccccn3)[C@@H]2c2cccn2-c2ccccc2)cc1Cl. The highest BCUT2D eigenvalue weighted by atomic mass is 35.5. The third-order valence-corrected chi connectivity index (χ3v) is 6.86. The minimum Gasteiger partial charge on any atom is -0.351 e. The Morgan fingerprint density at radius 3 is 2.50 bits per heavy atom. The zero-order chi connectivity index (χ0) is 25.2. The molecule has 2 aromatic carbocycles. The normalized spacial score (nSPS) is 17.3. The summed E-state index contributed by atoms with van der Waals surface area (Å²) in [7, 11) is 0. The second kappa shape index (κ2) is 10.1. The molecule has 0 saturated carbocycles. The first-order valence-electron chi connectivity index (χ1n) is 11.8. The minimum absolute atomic E-state index is 0.0863. The van der Waals surface area contributed by atoms with Crippen LogP contribution in [-0.2, 0) is 4.79 Å². The molecule has 182 valence electrons. The molecular formula is C28H26ClN5OS. The van der Waals surface area contributed by atoms with Gasteiger partial charge in [0.15, 0.2) is 5.11 Å². The number of carbonyl (C=O) groups excluding carboxylic acids is 1. The number of para-hydroxylation sites is 1. The van der Waals surface area contributed by atoms with Crippen LogP contribution in [0.5, 0.6) is 0 Å². The van der Waals surface area contributed by atoms with Crippen LogP contribution in [0.4, 0.5) is 11.4 Å². The van der Waals surface area contributed by atoms with Gasteiger partial charge in [0, 0.05) is 35.4 Å². The highest BCUT2D eigenvalue weighted by Crippen LogP contribution is 2.43. The molecule has 1 amide bonds. The molecule has 1 saturated heterocycles. The van der Waals surface area contributed by atoms with Crippen LogP contribution in [-0.4, -0.2) is 20.6 Å². The molecule has 0 unspecified atom stereocenters. The molecule has 5 rings (SSSR count). The zero-order valence-electron chi connectivity index (χ0n) is 19.9. The van der Waals surface area contributed by atoms with Crippen LogP contribution in [0.2, 0.25) is 5.02 Å². The van der Waals surface area contributed by atoms with E-state index in [1.165, 1.54) is 0 Å². The van der Waals surface area contributed by atoms with Gasteiger partial charge in [-0.05, 0) is 66.8 Å². The average molecular weight is 516 g/mol. The van der Waals surface area contributed by atoms with Crippen molar-refractivity contribution in [3.05, 3.63) is 108 Å². The van der Waals surface area contributed by atoms with Gasteiger partial charge in [0.2, 0.25) is 5.91 Å². The highest BCUT2D eigenvalue weighted by Gasteiger charge is 2.42. The summed E-state index contributed by atoms with van der Waals surface area (Å²) in [6, 6.07) is 25.4. The molecule has 0 radical (unpaired) electrons. The van der Waals surface area contributed by atoms with E-state index >= 15 is 0 Å². The number of carbonyl (C=O) groups is 1. The molecule has 1 fully saturated rings. The van der Waals surface area contributed by atoms with Crippen LogP contribution >= 0.6 is 23.8 Å². The first-order valence-corrected chi connectivity index (χ1v) is 12.6. The number of hydrogen-bond acceptors (Lipinski definition) is 3. The van der Waals surface area contributed by atoms with Crippen LogP contribution in [0.1, 0.15) is 37.3 Å². The van der Waals surface area contributed by atoms with Crippen molar-refractivity contribution < 1.29 is 4.79 Å². The van der Waals surface area contributed by atoms with E-state index < -0.39 is 0 Å². The van der Waals surface area contributed by atoms with Crippen molar-refractivity contribution in [1.82, 2.24) is 14.9 Å². The largest absolute Gasteiger partial charge is 0.351 e. The Kier molecular flexibility index (Phi) is 6.76. The topological polar surface area (TPSA) is 62.2 Å². The summed E-state index contributed by atoms with van der Waals surface area (Å²) in [5.41, 5.74) is 4.39. The molecular weight excluding hydrogens is 490 g/mol. The van der Waals surface area contributed by atoms with Crippen LogP contribution in [0.3, 0.4) is 0 Å². The van der Waals surface area contributed by atoms with Crippen molar-refractivity contribution in [3.63, 3.8) is 0 Å². The average Bonchev–Trinajstić information content (AvgIpc) is 3.50. The van der Waals surface area contributed by atoms with E-state index in [1.54, 1.807) is 6.20 Å². The number of amides is 1. The lowest BCUT2D eigenvalue weighted by Gasteiger charge is -2.29. The third-order valence-electron chi connectivity index (χ3n) is 6.23. The summed E-state index contributed by atoms with van der Waals surface area (Å²) in [6.45, 7) is 3.69. The van der Waals surface area contributed by atoms with E-state index in [9.17, 15) is 4.79 Å². The lowest BCUT2D eigenvalue weighted by atomic mass is 10.0. The first-order chi connectivity index (χ1) is 17.4. The summed E-state index contributed by atoms with van der Waals surface area (Å²) < 4.78 is 2.17. The molecule has 4 aromatic rings. The smallest absolute Gasteiger partial charge is 0.226 e. The summed E-state index contributed by atoms with van der Waals surface area (Å²) in [6.07, 6.45) is 3.84. The number of hydrogen-bond donors (Lipinski definition) is 2. The molecule has 1 aliphatic heterocycles. The Balaban J connectivity index is 1.59. The predicted octanol–water partition coefficient (Wildman–Crippen LogP) is 6.30. The second-order valence-electron chi connectivity index (χ2n) is 8.94. The quantitative estimate of drug-likeness (QED) is 0.295. The molecule has 3 heterocycles. The maximum absolute atomic E-state index is 12.2. The third kappa shape index (κ3) is 4.59. The Hall–Kier alpha value is -3.68. The van der Waals surface area contributed by atoms with E-state index in [1.807, 2.05) is 74.5 Å². The van der Waals surface area contributed by atoms with E-state index in [2.05, 4.69) is 49.5 Å². The number of aromatic nitrogens is 2. The molecule has 1 aliphatic rings. The van der Waals surface area contributed by atoms with Crippen molar-refractivity contribution in [3.8, 4) is 5.69 Å². The van der Waals surface area contributed by atoms with Gasteiger partial charge in [0.25, 0.3) is 0 Å².